The number of hydrogen-bond donors (Lipinski definition) is 5. The van der Waals surface area contributed by atoms with E-state index in [2.05, 4.69) is 21.3 Å². The number of rotatable bonds is 11. The number of carboxylic acid groups (broad SMARTS) is 2. The molecule has 1 aromatic carbocycles. The minimum atomic E-state index is -1.67. The molecule has 6 N–H and O–H groups in total. The number of anilines is 1. The number of esters is 1. The summed E-state index contributed by atoms with van der Waals surface area (Å²) >= 11 is 1.11. The molecule has 3 aliphatic heterocycles. The first-order valence-electron chi connectivity index (χ1n) is 13.5. The summed E-state index contributed by atoms with van der Waals surface area (Å²) in [4.78, 5) is 99.1. The van der Waals surface area contributed by atoms with Gasteiger partial charge >= 0.3 is 83.2 Å². The summed E-state index contributed by atoms with van der Waals surface area (Å²) in [7, 11) is 0. The maximum absolute atomic E-state index is 13.5. The molecule has 0 aliphatic carbocycles. The van der Waals surface area contributed by atoms with Crippen LogP contribution < -0.4 is 96.3 Å². The van der Waals surface area contributed by atoms with E-state index in [-0.39, 0.29) is 101 Å². The molecule has 0 saturated carbocycles. The molecule has 246 valence electrons. The molecule has 2 fully saturated rings. The van der Waals surface area contributed by atoms with Crippen molar-refractivity contribution >= 4 is 65.3 Å². The maximum Gasteiger partial charge on any atom is 1.00 e. The molecule has 3 heterocycles. The van der Waals surface area contributed by atoms with E-state index in [0.717, 1.165) is 28.5 Å². The number of aliphatic carboxylic acids is 2. The van der Waals surface area contributed by atoms with Crippen LogP contribution in [0.25, 0.3) is 0 Å². The van der Waals surface area contributed by atoms with Gasteiger partial charge in [-0.1, -0.05) is 12.1 Å². The van der Waals surface area contributed by atoms with E-state index < -0.39 is 83.7 Å². The van der Waals surface area contributed by atoms with Gasteiger partial charge in [-0.3, -0.25) is 24.6 Å². The summed E-state index contributed by atoms with van der Waals surface area (Å²) in [5, 5.41) is 31.4. The second-order valence-electron chi connectivity index (χ2n) is 9.95. The van der Waals surface area contributed by atoms with Crippen LogP contribution in [0.15, 0.2) is 35.5 Å². The zero-order valence-corrected chi connectivity index (χ0v) is 30.7. The second-order valence-corrected chi connectivity index (χ2v) is 11.1. The number of amides is 7. The minimum Gasteiger partial charge on any atom is -0.548 e. The summed E-state index contributed by atoms with van der Waals surface area (Å²) < 4.78 is 9.59. The number of nitrogens with zero attached hydrogens (tertiary/aromatic N) is 2. The van der Waals surface area contributed by atoms with Crippen molar-refractivity contribution in [2.45, 2.75) is 30.4 Å². The summed E-state index contributed by atoms with van der Waals surface area (Å²) in [5.74, 6) is -5.55. The molecular weight excluding hydrogens is 680 g/mol. The first-order chi connectivity index (χ1) is 21.8. The topological polar surface area (TPSA) is 282 Å². The molecule has 2 saturated heterocycles. The quantitative estimate of drug-likeness (QED) is 0.0812. The fourth-order valence-corrected chi connectivity index (χ4v) is 5.85. The average Bonchev–Trinajstić information content (AvgIpc) is 3.45. The van der Waals surface area contributed by atoms with Gasteiger partial charge in [0.05, 0.1) is 23.7 Å². The Hall–Kier alpha value is -3.37. The number of imide groups is 1. The van der Waals surface area contributed by atoms with E-state index in [9.17, 15) is 48.6 Å². The molecule has 1 aromatic rings. The number of fused-ring (bicyclic) bond motifs is 1. The van der Waals surface area contributed by atoms with Crippen molar-refractivity contribution in [1.82, 2.24) is 25.8 Å². The Kier molecular flexibility index (Phi) is 15.2. The number of carboxylic acids is 2. The zero-order valence-electron chi connectivity index (χ0n) is 25.9. The van der Waals surface area contributed by atoms with E-state index in [1.165, 1.54) is 24.3 Å². The molecule has 0 aromatic heterocycles. The molecule has 0 bridgehead atoms. The molecule has 19 nitrogen and oxygen atoms in total. The van der Waals surface area contributed by atoms with Gasteiger partial charge in [0.2, 0.25) is 5.91 Å². The standard InChI is InChI=1S/C26H29N7O12S.2Na/c1-11(34)44-8-13-10-46-21-17(20(36)33(21)18(13)23(39)40)30-19(35)16(31-25(42)32-7-6-28-24(32)41)12-2-4-14(5-3-12)29-26(43)45-9-15(27)22(37)38;;/h2-5,15-17,21H,6-10,27H2,1H3,(H,28,41)(H,29,43)(H,30,35)(H,31,42)(H,37,38)(H,39,40);;/q;2*+1/p-2/t15-,16-,17-,21+;;/m1../s1. The molecule has 22 heteroatoms. The fraction of sp³-hybridized carbons (Fsp3) is 0.385. The number of benzene rings is 1. The Morgan fingerprint density at radius 1 is 1.08 bits per heavy atom. The van der Waals surface area contributed by atoms with Gasteiger partial charge in [-0.25, -0.2) is 19.3 Å². The van der Waals surface area contributed by atoms with Crippen LogP contribution in [0, 0.1) is 0 Å². The average molecular weight is 708 g/mol. The van der Waals surface area contributed by atoms with E-state index in [0.29, 0.717) is 0 Å². The molecule has 48 heavy (non-hydrogen) atoms. The van der Waals surface area contributed by atoms with Crippen LogP contribution in [0.4, 0.5) is 20.1 Å². The Labute approximate surface area is 320 Å². The number of β-lactam (4-membered cyclic amide) rings is 1. The van der Waals surface area contributed by atoms with Crippen LogP contribution in [0.5, 0.6) is 0 Å². The SMILES string of the molecule is CC(=O)OCC1=C(C(=O)[O-])N2C(=O)[C@@H](NC(=O)[C@H](NC(=O)N3CCNC3=O)c3ccc(NC(=O)OC[C@@H](N)C(=O)[O-])cc3)[C@@H]2SC1.[Na+].[Na+]. The Morgan fingerprint density at radius 2 is 1.75 bits per heavy atom. The third kappa shape index (κ3) is 9.62. The van der Waals surface area contributed by atoms with Gasteiger partial charge in [-0.15, -0.1) is 11.8 Å². The van der Waals surface area contributed by atoms with Crippen molar-refractivity contribution in [2.75, 3.05) is 37.4 Å². The number of thioether (sulfide) groups is 1. The van der Waals surface area contributed by atoms with Gasteiger partial charge in [-0.2, -0.15) is 0 Å². The van der Waals surface area contributed by atoms with Crippen molar-refractivity contribution in [3.63, 3.8) is 0 Å². The number of nitrogens with one attached hydrogen (secondary N) is 4. The Morgan fingerprint density at radius 3 is 2.31 bits per heavy atom. The van der Waals surface area contributed by atoms with E-state index >= 15 is 0 Å². The molecule has 0 unspecified atom stereocenters. The summed E-state index contributed by atoms with van der Waals surface area (Å²) in [6.07, 6.45) is -1.04. The Bertz CT molecular complexity index is 1510. The number of nitrogens with two attached hydrogens (primary N) is 1. The van der Waals surface area contributed by atoms with Crippen molar-refractivity contribution in [3.05, 3.63) is 41.1 Å². The summed E-state index contributed by atoms with van der Waals surface area (Å²) in [5.41, 5.74) is 5.21. The maximum atomic E-state index is 13.5. The van der Waals surface area contributed by atoms with Gasteiger partial charge in [-0.05, 0) is 17.7 Å². The first kappa shape index (κ1) is 40.8. The molecule has 4 atom stereocenters. The summed E-state index contributed by atoms with van der Waals surface area (Å²) in [6.45, 7) is 0.324. The van der Waals surface area contributed by atoms with Gasteiger partial charge in [0.25, 0.3) is 5.91 Å². The molecule has 7 amide bonds. The third-order valence-electron chi connectivity index (χ3n) is 6.81. The predicted octanol–water partition coefficient (Wildman–Crippen LogP) is -9.94. The molecule has 3 aliphatic rings. The van der Waals surface area contributed by atoms with E-state index in [1.807, 2.05) is 0 Å². The zero-order chi connectivity index (χ0) is 33.7. The second kappa shape index (κ2) is 17.9. The third-order valence-corrected chi connectivity index (χ3v) is 8.15. The van der Waals surface area contributed by atoms with Crippen LogP contribution in [0.1, 0.15) is 18.5 Å². The largest absolute Gasteiger partial charge is 1.00 e. The van der Waals surface area contributed by atoms with E-state index in [1.54, 1.807) is 0 Å². The molecular formula is C26H27N7Na2O12S. The van der Waals surface area contributed by atoms with Crippen LogP contribution in [-0.2, 0) is 33.4 Å². The van der Waals surface area contributed by atoms with Gasteiger partial charge < -0.3 is 51.0 Å². The van der Waals surface area contributed by atoms with Gasteiger partial charge in [0, 0.05) is 37.0 Å². The number of urea groups is 2. The van der Waals surface area contributed by atoms with Crippen LogP contribution >= 0.6 is 11.8 Å². The normalized spacial score (nSPS) is 19.1. The van der Waals surface area contributed by atoms with Crippen molar-refractivity contribution in [1.29, 1.82) is 0 Å². The molecule has 4 rings (SSSR count). The van der Waals surface area contributed by atoms with Crippen molar-refractivity contribution in [3.8, 4) is 0 Å². The van der Waals surface area contributed by atoms with Gasteiger partial charge in [0.15, 0.2) is 0 Å². The number of hydrogen-bond acceptors (Lipinski definition) is 14. The number of carbonyl (C=O) groups excluding carboxylic acids is 8. The van der Waals surface area contributed by atoms with Gasteiger partial charge in [0.1, 0.15) is 30.7 Å². The Balaban J connectivity index is 0.00000400. The van der Waals surface area contributed by atoms with Crippen LogP contribution in [-0.4, -0.2) is 107 Å². The fourth-order valence-electron chi connectivity index (χ4n) is 4.52. The summed E-state index contributed by atoms with van der Waals surface area (Å²) in [6, 6.07) is -0.480. The molecule has 0 radical (unpaired) electrons. The minimum absolute atomic E-state index is 0. The van der Waals surface area contributed by atoms with Crippen molar-refractivity contribution < 1.29 is 117 Å². The number of carbonyl (C=O) groups is 8. The van der Waals surface area contributed by atoms with Crippen LogP contribution in [0.3, 0.4) is 0 Å². The smallest absolute Gasteiger partial charge is 0.548 e. The van der Waals surface area contributed by atoms with E-state index in [4.69, 9.17) is 15.2 Å². The van der Waals surface area contributed by atoms with Crippen LogP contribution in [0.2, 0.25) is 0 Å². The predicted molar refractivity (Wildman–Crippen MR) is 149 cm³/mol. The number of ether oxygens (including phenoxy) is 2. The first-order valence-corrected chi connectivity index (χ1v) is 14.5. The monoisotopic (exact) mass is 707 g/mol. The molecule has 0 spiro atoms. The van der Waals surface area contributed by atoms with Crippen molar-refractivity contribution in [2.24, 2.45) is 5.73 Å².